The Balaban J connectivity index is 1.86. The first-order valence-electron chi connectivity index (χ1n) is 14.2. The lowest BCUT2D eigenvalue weighted by Crippen LogP contribution is -2.51. The average Bonchev–Trinajstić information content (AvgIpc) is 2.93. The SMILES string of the molecule is Cc1ccc(N(CCCC(=O)N(Cc2ccccc2)[C@H](Cc2ccccc2)C(=O)NCC(C)C)S(C)(=O)=O)cc1C. The van der Waals surface area contributed by atoms with Gasteiger partial charge in [-0.2, -0.15) is 0 Å². The molecule has 0 fully saturated rings. The molecule has 3 aromatic carbocycles. The quantitative estimate of drug-likeness (QED) is 0.283. The summed E-state index contributed by atoms with van der Waals surface area (Å²) in [5.41, 5.74) is 4.54. The molecule has 0 aliphatic carbocycles. The molecule has 0 spiro atoms. The van der Waals surface area contributed by atoms with Crippen LogP contribution in [0.15, 0.2) is 78.9 Å². The van der Waals surface area contributed by atoms with Gasteiger partial charge in [0.15, 0.2) is 0 Å². The summed E-state index contributed by atoms with van der Waals surface area (Å²) >= 11 is 0. The first-order valence-corrected chi connectivity index (χ1v) is 16.0. The van der Waals surface area contributed by atoms with Gasteiger partial charge in [-0.05, 0) is 60.6 Å². The van der Waals surface area contributed by atoms with Crippen LogP contribution in [0, 0.1) is 19.8 Å². The molecule has 1 atom stereocenters. The number of rotatable bonds is 14. The highest BCUT2D eigenvalue weighted by Crippen LogP contribution is 2.23. The van der Waals surface area contributed by atoms with Crippen LogP contribution in [0.1, 0.15) is 48.9 Å². The van der Waals surface area contributed by atoms with E-state index in [0.717, 1.165) is 22.3 Å². The van der Waals surface area contributed by atoms with E-state index in [4.69, 9.17) is 0 Å². The van der Waals surface area contributed by atoms with E-state index in [1.54, 1.807) is 11.0 Å². The molecule has 0 saturated carbocycles. The van der Waals surface area contributed by atoms with Crippen LogP contribution < -0.4 is 9.62 Å². The van der Waals surface area contributed by atoms with Gasteiger partial charge in [0.2, 0.25) is 21.8 Å². The first-order chi connectivity index (χ1) is 19.5. The zero-order valence-electron chi connectivity index (χ0n) is 24.8. The number of carbonyl (C=O) groups is 2. The van der Waals surface area contributed by atoms with E-state index >= 15 is 0 Å². The number of hydrogen-bond donors (Lipinski definition) is 1. The van der Waals surface area contributed by atoms with E-state index in [-0.39, 0.29) is 37.2 Å². The van der Waals surface area contributed by atoms with Crippen LogP contribution in [0.2, 0.25) is 0 Å². The molecular formula is C33H43N3O4S. The van der Waals surface area contributed by atoms with Crippen LogP contribution in [-0.2, 0) is 32.6 Å². The molecule has 0 aliphatic rings. The number of carbonyl (C=O) groups excluding carboxylic acids is 2. The van der Waals surface area contributed by atoms with Crippen LogP contribution >= 0.6 is 0 Å². The highest BCUT2D eigenvalue weighted by atomic mass is 32.2. The first kappa shape index (κ1) is 31.9. The maximum Gasteiger partial charge on any atom is 0.243 e. The summed E-state index contributed by atoms with van der Waals surface area (Å²) < 4.78 is 26.7. The number of hydrogen-bond acceptors (Lipinski definition) is 4. The van der Waals surface area contributed by atoms with E-state index in [0.29, 0.717) is 25.1 Å². The fourth-order valence-electron chi connectivity index (χ4n) is 4.64. The van der Waals surface area contributed by atoms with Gasteiger partial charge >= 0.3 is 0 Å². The van der Waals surface area contributed by atoms with Crippen molar-refractivity contribution in [3.8, 4) is 0 Å². The van der Waals surface area contributed by atoms with Crippen molar-refractivity contribution in [1.82, 2.24) is 10.2 Å². The van der Waals surface area contributed by atoms with Crippen molar-refractivity contribution in [2.45, 2.75) is 59.5 Å². The fourth-order valence-corrected chi connectivity index (χ4v) is 5.60. The highest BCUT2D eigenvalue weighted by molar-refractivity contribution is 7.92. The standard InChI is InChI=1S/C33H43N3O4S/c1-25(2)23-34-33(38)31(22-28-13-8-6-9-14-28)35(24-29-15-10-7-11-16-29)32(37)17-12-20-36(41(5,39)40)30-19-18-26(3)27(4)21-30/h6-11,13-16,18-19,21,25,31H,12,17,20,22-24H2,1-5H3,(H,34,38)/t31-/m1/s1. The molecule has 0 saturated heterocycles. The Morgan fingerprint density at radius 2 is 1.46 bits per heavy atom. The van der Waals surface area contributed by atoms with E-state index in [2.05, 4.69) is 5.32 Å². The lowest BCUT2D eigenvalue weighted by Gasteiger charge is -2.32. The minimum absolute atomic E-state index is 0.104. The molecule has 0 heterocycles. The molecule has 2 amide bonds. The van der Waals surface area contributed by atoms with Crippen molar-refractivity contribution in [2.75, 3.05) is 23.7 Å². The third kappa shape index (κ3) is 9.74. The van der Waals surface area contributed by atoms with Crippen molar-refractivity contribution < 1.29 is 18.0 Å². The zero-order valence-corrected chi connectivity index (χ0v) is 25.7. The summed E-state index contributed by atoms with van der Waals surface area (Å²) in [7, 11) is -3.56. The Morgan fingerprint density at radius 3 is 2.02 bits per heavy atom. The van der Waals surface area contributed by atoms with E-state index < -0.39 is 16.1 Å². The van der Waals surface area contributed by atoms with Crippen molar-refractivity contribution >= 4 is 27.5 Å². The van der Waals surface area contributed by atoms with Gasteiger partial charge in [0.05, 0.1) is 11.9 Å². The molecule has 41 heavy (non-hydrogen) atoms. The van der Waals surface area contributed by atoms with Gasteiger partial charge in [-0.3, -0.25) is 13.9 Å². The summed E-state index contributed by atoms with van der Waals surface area (Å²) in [4.78, 5) is 29.1. The predicted molar refractivity (Wildman–Crippen MR) is 166 cm³/mol. The third-order valence-electron chi connectivity index (χ3n) is 7.08. The largest absolute Gasteiger partial charge is 0.354 e. The Labute approximate surface area is 245 Å². The van der Waals surface area contributed by atoms with E-state index in [9.17, 15) is 18.0 Å². The lowest BCUT2D eigenvalue weighted by molar-refractivity contribution is -0.141. The van der Waals surface area contributed by atoms with Crippen LogP contribution in [0.5, 0.6) is 0 Å². The van der Waals surface area contributed by atoms with Crippen molar-refractivity contribution in [3.63, 3.8) is 0 Å². The minimum atomic E-state index is -3.56. The number of amides is 2. The van der Waals surface area contributed by atoms with Gasteiger partial charge in [-0.25, -0.2) is 8.42 Å². The van der Waals surface area contributed by atoms with Crippen LogP contribution in [0.25, 0.3) is 0 Å². The van der Waals surface area contributed by atoms with Gasteiger partial charge in [-0.15, -0.1) is 0 Å². The van der Waals surface area contributed by atoms with Crippen LogP contribution in [0.4, 0.5) is 5.69 Å². The third-order valence-corrected chi connectivity index (χ3v) is 8.28. The lowest BCUT2D eigenvalue weighted by atomic mass is 10.0. The molecule has 3 aromatic rings. The number of nitrogens with one attached hydrogen (secondary N) is 1. The summed E-state index contributed by atoms with van der Waals surface area (Å²) in [6.45, 7) is 8.94. The number of benzene rings is 3. The van der Waals surface area contributed by atoms with Gasteiger partial charge < -0.3 is 10.2 Å². The number of anilines is 1. The van der Waals surface area contributed by atoms with Crippen molar-refractivity contribution in [3.05, 3.63) is 101 Å². The number of aryl methyl sites for hydroxylation is 2. The van der Waals surface area contributed by atoms with Gasteiger partial charge in [-0.1, -0.05) is 80.6 Å². The smallest absolute Gasteiger partial charge is 0.243 e. The Hall–Kier alpha value is -3.65. The average molecular weight is 578 g/mol. The molecule has 7 nitrogen and oxygen atoms in total. The summed E-state index contributed by atoms with van der Waals surface area (Å²) in [6.07, 6.45) is 1.98. The highest BCUT2D eigenvalue weighted by Gasteiger charge is 2.30. The maximum atomic E-state index is 13.9. The van der Waals surface area contributed by atoms with Crippen LogP contribution in [-0.4, -0.2) is 50.5 Å². The van der Waals surface area contributed by atoms with Gasteiger partial charge in [0.25, 0.3) is 0 Å². The molecule has 0 radical (unpaired) electrons. The van der Waals surface area contributed by atoms with E-state index in [1.807, 2.05) is 100 Å². The molecule has 0 unspecified atom stereocenters. The number of nitrogens with zero attached hydrogens (tertiary/aromatic N) is 2. The zero-order chi connectivity index (χ0) is 30.0. The fraction of sp³-hybridized carbons (Fsp3) is 0.394. The summed E-state index contributed by atoms with van der Waals surface area (Å²) in [5.74, 6) is -0.121. The molecule has 0 aromatic heterocycles. The molecule has 0 aliphatic heterocycles. The van der Waals surface area contributed by atoms with Crippen LogP contribution in [0.3, 0.4) is 0 Å². The normalized spacial score (nSPS) is 12.1. The molecular weight excluding hydrogens is 534 g/mol. The summed E-state index contributed by atoms with van der Waals surface area (Å²) in [5, 5.41) is 3.03. The van der Waals surface area contributed by atoms with Crippen molar-refractivity contribution in [2.24, 2.45) is 5.92 Å². The Bertz CT molecular complexity index is 1390. The minimum Gasteiger partial charge on any atom is -0.354 e. The van der Waals surface area contributed by atoms with Crippen molar-refractivity contribution in [1.29, 1.82) is 0 Å². The second kappa shape index (κ2) is 14.8. The monoisotopic (exact) mass is 577 g/mol. The second-order valence-electron chi connectivity index (χ2n) is 11.1. The van der Waals surface area contributed by atoms with Gasteiger partial charge in [0, 0.05) is 32.5 Å². The van der Waals surface area contributed by atoms with E-state index in [1.165, 1.54) is 10.6 Å². The molecule has 1 N–H and O–H groups in total. The molecule has 220 valence electrons. The topological polar surface area (TPSA) is 86.8 Å². The maximum absolute atomic E-state index is 13.9. The second-order valence-corrected chi connectivity index (χ2v) is 13.0. The Morgan fingerprint density at radius 1 is 0.854 bits per heavy atom. The predicted octanol–water partition coefficient (Wildman–Crippen LogP) is 5.26. The molecule has 0 bridgehead atoms. The van der Waals surface area contributed by atoms with Gasteiger partial charge in [0.1, 0.15) is 6.04 Å². The number of sulfonamides is 1. The summed E-state index contributed by atoms with van der Waals surface area (Å²) in [6, 6.07) is 24.2. The molecule has 3 rings (SSSR count). The Kier molecular flexibility index (Phi) is 11.5. The molecule has 8 heteroatoms.